The molecule has 1 unspecified atom stereocenters. The van der Waals surface area contributed by atoms with Crippen molar-refractivity contribution in [3.05, 3.63) is 29.6 Å². The number of amides is 1. The monoisotopic (exact) mass is 268 g/mol. The molecule has 0 saturated carbocycles. The highest BCUT2D eigenvalue weighted by molar-refractivity contribution is 5.76. The van der Waals surface area contributed by atoms with Crippen LogP contribution in [-0.2, 0) is 11.3 Å². The van der Waals surface area contributed by atoms with Crippen LogP contribution in [0.25, 0.3) is 0 Å². The van der Waals surface area contributed by atoms with Gasteiger partial charge in [-0.1, -0.05) is 6.92 Å². The Morgan fingerprint density at radius 1 is 1.53 bits per heavy atom. The van der Waals surface area contributed by atoms with Gasteiger partial charge in [0.15, 0.2) is 0 Å². The molecular weight excluding hydrogens is 247 g/mol. The van der Waals surface area contributed by atoms with Crippen LogP contribution >= 0.6 is 0 Å². The first kappa shape index (κ1) is 15.4. The van der Waals surface area contributed by atoms with Gasteiger partial charge in [-0.2, -0.15) is 0 Å². The molecule has 1 amide bonds. The zero-order valence-electron chi connectivity index (χ0n) is 11.6. The first-order chi connectivity index (χ1) is 8.97. The highest BCUT2D eigenvalue weighted by Crippen LogP contribution is 2.21. The van der Waals surface area contributed by atoms with E-state index in [1.165, 1.54) is 19.2 Å². The summed E-state index contributed by atoms with van der Waals surface area (Å²) < 4.78 is 18.4. The zero-order chi connectivity index (χ0) is 14.4. The number of hydrogen-bond acceptors (Lipinski definition) is 3. The summed E-state index contributed by atoms with van der Waals surface area (Å²) in [6, 6.07) is 4.28. The van der Waals surface area contributed by atoms with Crippen molar-refractivity contribution in [3.63, 3.8) is 0 Å². The Bertz CT molecular complexity index is 437. The topological polar surface area (TPSA) is 55.6 Å². The fraction of sp³-hybridized carbons (Fsp3) is 0.500. The van der Waals surface area contributed by atoms with Crippen molar-refractivity contribution in [1.82, 2.24) is 4.90 Å². The summed E-state index contributed by atoms with van der Waals surface area (Å²) in [5, 5.41) is 0. The van der Waals surface area contributed by atoms with E-state index in [9.17, 15) is 9.18 Å². The molecule has 1 rings (SSSR count). The van der Waals surface area contributed by atoms with Gasteiger partial charge in [-0.05, 0) is 30.7 Å². The molecule has 0 aliphatic carbocycles. The number of carbonyl (C=O) groups is 1. The Morgan fingerprint density at radius 2 is 2.21 bits per heavy atom. The summed E-state index contributed by atoms with van der Waals surface area (Å²) in [7, 11) is 3.21. The Morgan fingerprint density at radius 3 is 2.79 bits per heavy atom. The van der Waals surface area contributed by atoms with Crippen molar-refractivity contribution in [2.24, 2.45) is 11.7 Å². The number of nitrogens with two attached hydrogens (primary N) is 1. The van der Waals surface area contributed by atoms with Crippen LogP contribution in [0.15, 0.2) is 18.2 Å². The summed E-state index contributed by atoms with van der Waals surface area (Å²) in [6.45, 7) is 2.72. The molecule has 1 aromatic carbocycles. The molecule has 1 aromatic rings. The molecule has 2 N–H and O–H groups in total. The molecule has 0 radical (unpaired) electrons. The number of benzene rings is 1. The maximum atomic E-state index is 13.2. The number of ether oxygens (including phenoxy) is 1. The maximum absolute atomic E-state index is 13.2. The van der Waals surface area contributed by atoms with E-state index in [2.05, 4.69) is 0 Å². The van der Waals surface area contributed by atoms with Crippen LogP contribution in [0.1, 0.15) is 18.9 Å². The first-order valence-corrected chi connectivity index (χ1v) is 6.24. The van der Waals surface area contributed by atoms with E-state index in [1.807, 2.05) is 6.92 Å². The van der Waals surface area contributed by atoms with Crippen molar-refractivity contribution < 1.29 is 13.9 Å². The molecule has 106 valence electrons. The third-order valence-corrected chi connectivity index (χ3v) is 3.00. The lowest BCUT2D eigenvalue weighted by atomic mass is 10.1. The quantitative estimate of drug-likeness (QED) is 0.855. The van der Waals surface area contributed by atoms with Crippen LogP contribution in [-0.4, -0.2) is 31.5 Å². The minimum Gasteiger partial charge on any atom is -0.496 e. The van der Waals surface area contributed by atoms with E-state index in [0.29, 0.717) is 30.8 Å². The second-order valence-corrected chi connectivity index (χ2v) is 4.75. The summed E-state index contributed by atoms with van der Waals surface area (Å²) in [6.07, 6.45) is 0.393. The standard InChI is InChI=1S/C14H21FN2O2/c1-10(8-16)6-14(18)17(2)9-11-7-12(15)4-5-13(11)19-3/h4-5,7,10H,6,8-9,16H2,1-3H3. The lowest BCUT2D eigenvalue weighted by molar-refractivity contribution is -0.131. The number of nitrogens with zero attached hydrogens (tertiary/aromatic N) is 1. The van der Waals surface area contributed by atoms with Gasteiger partial charge in [0.05, 0.1) is 7.11 Å². The third-order valence-electron chi connectivity index (χ3n) is 3.00. The van der Waals surface area contributed by atoms with Gasteiger partial charge in [-0.15, -0.1) is 0 Å². The van der Waals surface area contributed by atoms with Gasteiger partial charge in [-0.3, -0.25) is 4.79 Å². The highest BCUT2D eigenvalue weighted by atomic mass is 19.1. The lowest BCUT2D eigenvalue weighted by Crippen LogP contribution is -2.29. The Hall–Kier alpha value is -1.62. The molecule has 1 atom stereocenters. The molecule has 0 aromatic heterocycles. The van der Waals surface area contributed by atoms with Gasteiger partial charge in [-0.25, -0.2) is 4.39 Å². The molecule has 0 aliphatic heterocycles. The molecule has 4 nitrogen and oxygen atoms in total. The minimum atomic E-state index is -0.341. The van der Waals surface area contributed by atoms with Gasteiger partial charge in [0.1, 0.15) is 11.6 Å². The van der Waals surface area contributed by atoms with E-state index >= 15 is 0 Å². The maximum Gasteiger partial charge on any atom is 0.222 e. The second-order valence-electron chi connectivity index (χ2n) is 4.75. The fourth-order valence-electron chi connectivity index (χ4n) is 1.75. The third kappa shape index (κ3) is 4.52. The van der Waals surface area contributed by atoms with E-state index in [0.717, 1.165) is 0 Å². The highest BCUT2D eigenvalue weighted by Gasteiger charge is 2.15. The molecule has 0 aliphatic rings. The summed E-state index contributed by atoms with van der Waals surface area (Å²) >= 11 is 0. The second kappa shape index (κ2) is 7.09. The Labute approximate surface area is 113 Å². The predicted molar refractivity (Wildman–Crippen MR) is 72.3 cm³/mol. The van der Waals surface area contributed by atoms with Crippen molar-refractivity contribution in [2.75, 3.05) is 20.7 Å². The van der Waals surface area contributed by atoms with E-state index in [-0.39, 0.29) is 17.6 Å². The van der Waals surface area contributed by atoms with E-state index in [1.54, 1.807) is 18.0 Å². The zero-order valence-corrected chi connectivity index (χ0v) is 11.6. The van der Waals surface area contributed by atoms with E-state index < -0.39 is 0 Å². The van der Waals surface area contributed by atoms with Crippen molar-refractivity contribution >= 4 is 5.91 Å². The number of halogens is 1. The van der Waals surface area contributed by atoms with Crippen LogP contribution < -0.4 is 10.5 Å². The first-order valence-electron chi connectivity index (χ1n) is 6.24. The molecule has 0 bridgehead atoms. The largest absolute Gasteiger partial charge is 0.496 e. The number of methoxy groups -OCH3 is 1. The van der Waals surface area contributed by atoms with Crippen LogP contribution in [0.2, 0.25) is 0 Å². The SMILES string of the molecule is COc1ccc(F)cc1CN(C)C(=O)CC(C)CN. The number of carbonyl (C=O) groups excluding carboxylic acids is 1. The molecule has 19 heavy (non-hydrogen) atoms. The predicted octanol–water partition coefficient (Wildman–Crippen LogP) is 1.78. The Balaban J connectivity index is 2.73. The number of rotatable bonds is 6. The van der Waals surface area contributed by atoms with Crippen molar-refractivity contribution in [3.8, 4) is 5.75 Å². The average Bonchev–Trinajstić information content (AvgIpc) is 2.38. The summed E-state index contributed by atoms with van der Waals surface area (Å²) in [5.74, 6) is 0.369. The minimum absolute atomic E-state index is 0.00994. The van der Waals surface area contributed by atoms with Gasteiger partial charge in [0.25, 0.3) is 0 Å². The normalized spacial score (nSPS) is 12.1. The fourth-order valence-corrected chi connectivity index (χ4v) is 1.75. The van der Waals surface area contributed by atoms with Gasteiger partial charge < -0.3 is 15.4 Å². The van der Waals surface area contributed by atoms with Crippen LogP contribution in [0.3, 0.4) is 0 Å². The molecule has 0 fully saturated rings. The van der Waals surface area contributed by atoms with Crippen LogP contribution in [0, 0.1) is 11.7 Å². The Kier molecular flexibility index (Phi) is 5.76. The van der Waals surface area contributed by atoms with Crippen molar-refractivity contribution in [2.45, 2.75) is 19.9 Å². The molecule has 0 saturated heterocycles. The van der Waals surface area contributed by atoms with Gasteiger partial charge in [0, 0.05) is 25.6 Å². The lowest BCUT2D eigenvalue weighted by Gasteiger charge is -2.20. The van der Waals surface area contributed by atoms with Gasteiger partial charge in [0.2, 0.25) is 5.91 Å². The van der Waals surface area contributed by atoms with Gasteiger partial charge >= 0.3 is 0 Å². The average molecular weight is 268 g/mol. The number of hydrogen-bond donors (Lipinski definition) is 1. The summed E-state index contributed by atoms with van der Waals surface area (Å²) in [5.41, 5.74) is 6.15. The molecular formula is C14H21FN2O2. The molecule has 0 heterocycles. The van der Waals surface area contributed by atoms with Crippen molar-refractivity contribution in [1.29, 1.82) is 0 Å². The smallest absolute Gasteiger partial charge is 0.222 e. The summed E-state index contributed by atoms with van der Waals surface area (Å²) in [4.78, 5) is 13.5. The van der Waals surface area contributed by atoms with E-state index in [4.69, 9.17) is 10.5 Å². The van der Waals surface area contributed by atoms with Crippen LogP contribution in [0.4, 0.5) is 4.39 Å². The molecule has 0 spiro atoms. The molecule has 5 heteroatoms. The van der Waals surface area contributed by atoms with Crippen LogP contribution in [0.5, 0.6) is 5.75 Å².